The van der Waals surface area contributed by atoms with Crippen LogP contribution in [0.1, 0.15) is 12.8 Å². The first-order valence-electron chi connectivity index (χ1n) is 3.36. The third-order valence-electron chi connectivity index (χ3n) is 1.69. The van der Waals surface area contributed by atoms with Crippen LogP contribution in [0.15, 0.2) is 0 Å². The van der Waals surface area contributed by atoms with Crippen LogP contribution in [-0.2, 0) is 4.79 Å². The highest BCUT2D eigenvalue weighted by atomic mass is 32.1. The quantitative estimate of drug-likeness (QED) is 0.479. The van der Waals surface area contributed by atoms with Crippen molar-refractivity contribution in [1.82, 2.24) is 5.32 Å². The summed E-state index contributed by atoms with van der Waals surface area (Å²) in [5.74, 6) is -0.792. The molecule has 58 valence electrons. The molecule has 1 rings (SSSR count). The second-order valence-corrected chi connectivity index (χ2v) is 3.14. The number of rotatable bonds is 1. The third-order valence-corrected chi connectivity index (χ3v) is 2.25. The van der Waals surface area contributed by atoms with Gasteiger partial charge in [0, 0.05) is 5.25 Å². The summed E-state index contributed by atoms with van der Waals surface area (Å²) in [7, 11) is 0. The number of hydrogen-bond donors (Lipinski definition) is 3. The lowest BCUT2D eigenvalue weighted by atomic mass is 10.0. The average Bonchev–Trinajstić information content (AvgIpc) is 1.88. The molecule has 0 spiro atoms. The molecule has 1 fully saturated rings. The smallest absolute Gasteiger partial charge is 0.321 e. The number of carboxylic acids is 1. The van der Waals surface area contributed by atoms with E-state index in [9.17, 15) is 4.79 Å². The van der Waals surface area contributed by atoms with Gasteiger partial charge in [-0.1, -0.05) is 0 Å². The Kier molecular flexibility index (Phi) is 2.56. The van der Waals surface area contributed by atoms with Crippen molar-refractivity contribution >= 4 is 18.6 Å². The van der Waals surface area contributed by atoms with Gasteiger partial charge in [0.15, 0.2) is 0 Å². The Bertz CT molecular complexity index is 140. The fourth-order valence-electron chi connectivity index (χ4n) is 1.12. The van der Waals surface area contributed by atoms with Gasteiger partial charge in [0.1, 0.15) is 6.04 Å². The second-order valence-electron chi connectivity index (χ2n) is 2.48. The number of carbonyl (C=O) groups is 1. The van der Waals surface area contributed by atoms with Crippen molar-refractivity contribution in [1.29, 1.82) is 0 Å². The Labute approximate surface area is 65.2 Å². The summed E-state index contributed by atoms with van der Waals surface area (Å²) in [5, 5.41) is 11.5. The lowest BCUT2D eigenvalue weighted by molar-refractivity contribution is -0.139. The van der Waals surface area contributed by atoms with Crippen LogP contribution in [0.5, 0.6) is 0 Å². The van der Waals surface area contributed by atoms with Crippen molar-refractivity contribution in [3.05, 3.63) is 0 Å². The van der Waals surface area contributed by atoms with E-state index >= 15 is 0 Å². The van der Waals surface area contributed by atoms with E-state index in [1.54, 1.807) is 0 Å². The minimum atomic E-state index is -0.792. The number of aliphatic carboxylic acids is 1. The fraction of sp³-hybridized carbons (Fsp3) is 0.833. The predicted octanol–water partition coefficient (Wildman–Crippen LogP) is 0.121. The zero-order valence-corrected chi connectivity index (χ0v) is 6.47. The monoisotopic (exact) mass is 161 g/mol. The molecule has 0 saturated carbocycles. The Morgan fingerprint density at radius 3 is 2.80 bits per heavy atom. The van der Waals surface area contributed by atoms with Gasteiger partial charge in [-0.3, -0.25) is 4.79 Å². The van der Waals surface area contributed by atoms with Crippen LogP contribution in [0, 0.1) is 0 Å². The summed E-state index contributed by atoms with van der Waals surface area (Å²) < 4.78 is 0. The first-order valence-corrected chi connectivity index (χ1v) is 3.87. The van der Waals surface area contributed by atoms with Gasteiger partial charge in [-0.2, -0.15) is 12.6 Å². The molecule has 0 aromatic rings. The standard InChI is InChI=1S/C6H11NO2S/c8-6(9)5-4(10)2-1-3-7-5/h4-5,7,10H,1-3H2,(H,8,9)/t4?,5-/m0/s1. The van der Waals surface area contributed by atoms with E-state index in [0.717, 1.165) is 19.4 Å². The summed E-state index contributed by atoms with van der Waals surface area (Å²) in [4.78, 5) is 10.5. The molecule has 1 heterocycles. The molecular weight excluding hydrogens is 150 g/mol. The Morgan fingerprint density at radius 1 is 1.70 bits per heavy atom. The second kappa shape index (κ2) is 3.25. The molecule has 0 aliphatic carbocycles. The minimum Gasteiger partial charge on any atom is -0.480 e. The van der Waals surface area contributed by atoms with E-state index in [-0.39, 0.29) is 5.25 Å². The maximum absolute atomic E-state index is 10.5. The van der Waals surface area contributed by atoms with Gasteiger partial charge in [0.25, 0.3) is 0 Å². The highest BCUT2D eigenvalue weighted by Crippen LogP contribution is 2.14. The van der Waals surface area contributed by atoms with Gasteiger partial charge >= 0.3 is 5.97 Å². The summed E-state index contributed by atoms with van der Waals surface area (Å²) >= 11 is 4.15. The summed E-state index contributed by atoms with van der Waals surface area (Å²) in [6.07, 6.45) is 1.92. The zero-order chi connectivity index (χ0) is 7.56. The number of thiol groups is 1. The predicted molar refractivity (Wildman–Crippen MR) is 41.4 cm³/mol. The summed E-state index contributed by atoms with van der Waals surface area (Å²) in [5.41, 5.74) is 0. The number of piperidine rings is 1. The van der Waals surface area contributed by atoms with E-state index in [0.29, 0.717) is 0 Å². The van der Waals surface area contributed by atoms with Crippen molar-refractivity contribution < 1.29 is 9.90 Å². The van der Waals surface area contributed by atoms with Crippen LogP contribution in [0.25, 0.3) is 0 Å². The Hall–Kier alpha value is -0.220. The van der Waals surface area contributed by atoms with E-state index in [1.165, 1.54) is 0 Å². The van der Waals surface area contributed by atoms with E-state index in [2.05, 4.69) is 17.9 Å². The maximum atomic E-state index is 10.5. The van der Waals surface area contributed by atoms with Crippen molar-refractivity contribution in [2.75, 3.05) is 6.54 Å². The van der Waals surface area contributed by atoms with Crippen LogP contribution in [-0.4, -0.2) is 28.9 Å². The van der Waals surface area contributed by atoms with Crippen molar-refractivity contribution in [2.45, 2.75) is 24.1 Å². The molecular formula is C6H11NO2S. The molecule has 0 amide bonds. The van der Waals surface area contributed by atoms with Gasteiger partial charge in [-0.05, 0) is 19.4 Å². The van der Waals surface area contributed by atoms with E-state index < -0.39 is 12.0 Å². The van der Waals surface area contributed by atoms with Crippen molar-refractivity contribution in [3.63, 3.8) is 0 Å². The van der Waals surface area contributed by atoms with Gasteiger partial charge in [-0.25, -0.2) is 0 Å². The maximum Gasteiger partial charge on any atom is 0.321 e. The molecule has 0 bridgehead atoms. The first kappa shape index (κ1) is 7.88. The van der Waals surface area contributed by atoms with Crippen molar-refractivity contribution in [2.24, 2.45) is 0 Å². The van der Waals surface area contributed by atoms with Crippen LogP contribution < -0.4 is 5.32 Å². The molecule has 1 unspecified atom stereocenters. The third kappa shape index (κ3) is 1.64. The molecule has 10 heavy (non-hydrogen) atoms. The van der Waals surface area contributed by atoms with Gasteiger partial charge in [-0.15, -0.1) is 0 Å². The Balaban J connectivity index is 2.47. The average molecular weight is 161 g/mol. The summed E-state index contributed by atoms with van der Waals surface area (Å²) in [6.45, 7) is 0.800. The van der Waals surface area contributed by atoms with Crippen LogP contribution in [0.4, 0.5) is 0 Å². The molecule has 0 aromatic heterocycles. The molecule has 3 nitrogen and oxygen atoms in total. The topological polar surface area (TPSA) is 49.3 Å². The number of hydrogen-bond acceptors (Lipinski definition) is 3. The van der Waals surface area contributed by atoms with Crippen molar-refractivity contribution in [3.8, 4) is 0 Å². The largest absolute Gasteiger partial charge is 0.480 e. The normalized spacial score (nSPS) is 33.7. The Morgan fingerprint density at radius 2 is 2.40 bits per heavy atom. The molecule has 1 saturated heterocycles. The number of carboxylic acid groups (broad SMARTS) is 1. The highest BCUT2D eigenvalue weighted by molar-refractivity contribution is 7.81. The van der Waals surface area contributed by atoms with E-state index in [4.69, 9.17) is 5.11 Å². The zero-order valence-electron chi connectivity index (χ0n) is 5.58. The molecule has 1 aliphatic rings. The number of nitrogens with one attached hydrogen (secondary N) is 1. The molecule has 1 aliphatic heterocycles. The molecule has 0 aromatic carbocycles. The lowest BCUT2D eigenvalue weighted by Crippen LogP contribution is -2.47. The lowest BCUT2D eigenvalue weighted by Gasteiger charge is -2.25. The fourth-order valence-corrected chi connectivity index (χ4v) is 1.54. The molecule has 2 N–H and O–H groups in total. The van der Waals surface area contributed by atoms with Gasteiger partial charge in [0.2, 0.25) is 0 Å². The van der Waals surface area contributed by atoms with Gasteiger partial charge < -0.3 is 10.4 Å². The first-order chi connectivity index (χ1) is 4.72. The van der Waals surface area contributed by atoms with Crippen LogP contribution >= 0.6 is 12.6 Å². The van der Waals surface area contributed by atoms with Crippen LogP contribution in [0.3, 0.4) is 0 Å². The summed E-state index contributed by atoms with van der Waals surface area (Å²) in [6, 6.07) is -0.447. The minimum absolute atomic E-state index is 0.0220. The van der Waals surface area contributed by atoms with Gasteiger partial charge in [0.05, 0.1) is 0 Å². The molecule has 2 atom stereocenters. The molecule has 4 heteroatoms. The molecule has 0 radical (unpaired) electrons. The van der Waals surface area contributed by atoms with Crippen LogP contribution in [0.2, 0.25) is 0 Å². The highest BCUT2D eigenvalue weighted by Gasteiger charge is 2.27. The SMILES string of the molecule is O=C(O)[C@H]1NCCCC1S. The van der Waals surface area contributed by atoms with E-state index in [1.807, 2.05) is 0 Å².